The van der Waals surface area contributed by atoms with Gasteiger partial charge in [0.1, 0.15) is 5.75 Å². The van der Waals surface area contributed by atoms with Crippen LogP contribution in [0.15, 0.2) is 24.3 Å². The van der Waals surface area contributed by atoms with Crippen molar-refractivity contribution < 1.29 is 14.9 Å². The fourth-order valence-electron chi connectivity index (χ4n) is 1.70. The van der Waals surface area contributed by atoms with Gasteiger partial charge >= 0.3 is 0 Å². The summed E-state index contributed by atoms with van der Waals surface area (Å²) in [5.74, 6) is 1.36. The molecule has 0 amide bonds. The normalized spacial score (nSPS) is 13.1. The van der Waals surface area contributed by atoms with E-state index in [0.717, 1.165) is 18.6 Å². The number of aliphatic hydroxyl groups is 2. The standard InChI is InChI=1S/C14H23NO3/c1-3-10(4-2)9-18-12-7-5-11(6-8-12)13(15)14(16)17/h5-8,10,13-14,16-17H,3-4,9,15H2,1-2H3/t13-/m1/s1. The zero-order chi connectivity index (χ0) is 13.5. The minimum absolute atomic E-state index is 0.575. The van der Waals surface area contributed by atoms with E-state index in [4.69, 9.17) is 20.7 Å². The Morgan fingerprint density at radius 3 is 2.11 bits per heavy atom. The highest BCUT2D eigenvalue weighted by Gasteiger charge is 2.13. The molecule has 0 bridgehead atoms. The smallest absolute Gasteiger partial charge is 0.171 e. The molecule has 4 N–H and O–H groups in total. The van der Waals surface area contributed by atoms with Crippen LogP contribution in [0, 0.1) is 5.92 Å². The van der Waals surface area contributed by atoms with E-state index in [9.17, 15) is 0 Å². The number of benzene rings is 1. The third-order valence-corrected chi connectivity index (χ3v) is 3.23. The Kier molecular flexibility index (Phi) is 6.12. The van der Waals surface area contributed by atoms with E-state index in [1.165, 1.54) is 0 Å². The van der Waals surface area contributed by atoms with Crippen molar-refractivity contribution in [2.45, 2.75) is 39.0 Å². The Balaban J connectivity index is 2.55. The first-order chi connectivity index (χ1) is 8.58. The summed E-state index contributed by atoms with van der Waals surface area (Å²) in [6.07, 6.45) is 0.674. The number of hydrogen-bond donors (Lipinski definition) is 3. The highest BCUT2D eigenvalue weighted by molar-refractivity contribution is 5.29. The quantitative estimate of drug-likeness (QED) is 0.648. The molecule has 0 aliphatic rings. The highest BCUT2D eigenvalue weighted by Crippen LogP contribution is 2.19. The number of hydrogen-bond acceptors (Lipinski definition) is 4. The fraction of sp³-hybridized carbons (Fsp3) is 0.571. The summed E-state index contributed by atoms with van der Waals surface area (Å²) in [6.45, 7) is 5.02. The van der Waals surface area contributed by atoms with Crippen LogP contribution in [0.1, 0.15) is 38.3 Å². The molecule has 1 rings (SSSR count). The molecule has 0 heterocycles. The van der Waals surface area contributed by atoms with E-state index in [0.29, 0.717) is 18.1 Å². The molecule has 0 unspecified atom stereocenters. The SMILES string of the molecule is CCC(CC)COc1ccc([C@@H](N)C(O)O)cc1. The first-order valence-corrected chi connectivity index (χ1v) is 6.42. The Hall–Kier alpha value is -1.10. The third-order valence-electron chi connectivity index (χ3n) is 3.23. The van der Waals surface area contributed by atoms with Gasteiger partial charge in [0, 0.05) is 0 Å². The Morgan fingerprint density at radius 1 is 1.11 bits per heavy atom. The van der Waals surface area contributed by atoms with Crippen LogP contribution >= 0.6 is 0 Å². The van der Waals surface area contributed by atoms with E-state index in [-0.39, 0.29) is 0 Å². The highest BCUT2D eigenvalue weighted by atomic mass is 16.5. The second kappa shape index (κ2) is 7.36. The molecule has 18 heavy (non-hydrogen) atoms. The lowest BCUT2D eigenvalue weighted by molar-refractivity contribution is -0.0589. The van der Waals surface area contributed by atoms with Crippen molar-refractivity contribution >= 4 is 0 Å². The van der Waals surface area contributed by atoms with E-state index >= 15 is 0 Å². The van der Waals surface area contributed by atoms with Gasteiger partial charge in [-0.2, -0.15) is 0 Å². The zero-order valence-corrected chi connectivity index (χ0v) is 11.0. The molecule has 4 heteroatoms. The van der Waals surface area contributed by atoms with Gasteiger partial charge in [-0.3, -0.25) is 0 Å². The fourth-order valence-corrected chi connectivity index (χ4v) is 1.70. The van der Waals surface area contributed by atoms with Gasteiger partial charge in [-0.15, -0.1) is 0 Å². The lowest BCUT2D eigenvalue weighted by Crippen LogP contribution is -2.25. The molecule has 102 valence electrons. The van der Waals surface area contributed by atoms with Crippen molar-refractivity contribution in [3.8, 4) is 5.75 Å². The summed E-state index contributed by atoms with van der Waals surface area (Å²) in [6, 6.07) is 6.34. The van der Waals surface area contributed by atoms with Gasteiger partial charge in [-0.1, -0.05) is 38.8 Å². The maximum absolute atomic E-state index is 8.98. The van der Waals surface area contributed by atoms with Crippen molar-refractivity contribution in [2.24, 2.45) is 11.7 Å². The second-order valence-corrected chi connectivity index (χ2v) is 4.50. The topological polar surface area (TPSA) is 75.7 Å². The summed E-state index contributed by atoms with van der Waals surface area (Å²) < 4.78 is 5.68. The van der Waals surface area contributed by atoms with E-state index in [1.807, 2.05) is 0 Å². The molecule has 4 nitrogen and oxygen atoms in total. The van der Waals surface area contributed by atoms with Gasteiger partial charge in [-0.05, 0) is 23.6 Å². The lowest BCUT2D eigenvalue weighted by Gasteiger charge is -2.16. The minimum Gasteiger partial charge on any atom is -0.493 e. The predicted octanol–water partition coefficient (Wildman–Crippen LogP) is 1.81. The summed E-state index contributed by atoms with van der Waals surface area (Å²) >= 11 is 0. The zero-order valence-electron chi connectivity index (χ0n) is 11.0. The molecular formula is C14H23NO3. The summed E-state index contributed by atoms with van der Waals surface area (Å²) in [5.41, 5.74) is 6.29. The minimum atomic E-state index is -1.54. The maximum Gasteiger partial charge on any atom is 0.171 e. The Morgan fingerprint density at radius 2 is 1.67 bits per heavy atom. The van der Waals surface area contributed by atoms with Crippen molar-refractivity contribution in [1.82, 2.24) is 0 Å². The molecule has 0 aliphatic carbocycles. The Labute approximate surface area is 108 Å². The molecule has 1 atom stereocenters. The monoisotopic (exact) mass is 253 g/mol. The van der Waals surface area contributed by atoms with Crippen LogP contribution < -0.4 is 10.5 Å². The van der Waals surface area contributed by atoms with Crippen LogP contribution in [0.4, 0.5) is 0 Å². The summed E-state index contributed by atoms with van der Waals surface area (Å²) in [7, 11) is 0. The molecule has 1 aromatic carbocycles. The summed E-state index contributed by atoms with van der Waals surface area (Å²) in [5, 5.41) is 18.0. The van der Waals surface area contributed by atoms with Crippen molar-refractivity contribution in [3.05, 3.63) is 29.8 Å². The molecule has 0 spiro atoms. The average molecular weight is 253 g/mol. The Bertz CT molecular complexity index is 333. The molecule has 0 saturated carbocycles. The van der Waals surface area contributed by atoms with E-state index < -0.39 is 12.3 Å². The van der Waals surface area contributed by atoms with Crippen LogP contribution in [-0.2, 0) is 0 Å². The first kappa shape index (κ1) is 15.0. The molecule has 0 saturated heterocycles. The molecule has 1 aromatic rings. The van der Waals surface area contributed by atoms with Crippen LogP contribution in [0.3, 0.4) is 0 Å². The van der Waals surface area contributed by atoms with E-state index in [1.54, 1.807) is 24.3 Å². The first-order valence-electron chi connectivity index (χ1n) is 6.42. The number of ether oxygens (including phenoxy) is 1. The number of rotatable bonds is 7. The number of aliphatic hydroxyl groups excluding tert-OH is 1. The van der Waals surface area contributed by atoms with Crippen LogP contribution in [0.2, 0.25) is 0 Å². The van der Waals surface area contributed by atoms with Crippen molar-refractivity contribution in [3.63, 3.8) is 0 Å². The van der Waals surface area contributed by atoms with Crippen molar-refractivity contribution in [1.29, 1.82) is 0 Å². The van der Waals surface area contributed by atoms with Crippen LogP contribution in [-0.4, -0.2) is 23.1 Å². The van der Waals surface area contributed by atoms with Crippen molar-refractivity contribution in [2.75, 3.05) is 6.61 Å². The third kappa shape index (κ3) is 4.29. The molecule has 0 aromatic heterocycles. The van der Waals surface area contributed by atoms with Gasteiger partial charge in [0.2, 0.25) is 0 Å². The molecule has 0 fully saturated rings. The van der Waals surface area contributed by atoms with Gasteiger partial charge in [0.15, 0.2) is 6.29 Å². The maximum atomic E-state index is 8.98. The largest absolute Gasteiger partial charge is 0.493 e. The van der Waals surface area contributed by atoms with Gasteiger partial charge in [-0.25, -0.2) is 0 Å². The molecule has 0 radical (unpaired) electrons. The lowest BCUT2D eigenvalue weighted by atomic mass is 10.1. The van der Waals surface area contributed by atoms with Gasteiger partial charge < -0.3 is 20.7 Å². The summed E-state index contributed by atoms with van der Waals surface area (Å²) in [4.78, 5) is 0. The van der Waals surface area contributed by atoms with E-state index in [2.05, 4.69) is 13.8 Å². The van der Waals surface area contributed by atoms with Gasteiger partial charge in [0.25, 0.3) is 0 Å². The van der Waals surface area contributed by atoms with Crippen LogP contribution in [0.5, 0.6) is 5.75 Å². The van der Waals surface area contributed by atoms with Crippen LogP contribution in [0.25, 0.3) is 0 Å². The molecule has 0 aliphatic heterocycles. The average Bonchev–Trinajstić information content (AvgIpc) is 2.39. The number of nitrogens with two attached hydrogens (primary N) is 1. The second-order valence-electron chi connectivity index (χ2n) is 4.50. The van der Waals surface area contributed by atoms with Gasteiger partial charge in [0.05, 0.1) is 12.6 Å². The predicted molar refractivity (Wildman–Crippen MR) is 71.2 cm³/mol. The molecular weight excluding hydrogens is 230 g/mol.